The summed E-state index contributed by atoms with van der Waals surface area (Å²) in [6, 6.07) is 19.6. The number of Topliss-reactive ketones (excluding diaryl/α,β-unsaturated/α-hetero) is 1. The molecular weight excluding hydrogens is 511 g/mol. The number of rotatable bonds is 9. The first-order valence-corrected chi connectivity index (χ1v) is 13.5. The van der Waals surface area contributed by atoms with Gasteiger partial charge in [-0.1, -0.05) is 36.4 Å². The third-order valence-electron chi connectivity index (χ3n) is 7.49. The van der Waals surface area contributed by atoms with Crippen LogP contribution in [0.1, 0.15) is 34.7 Å². The average molecular weight is 545 g/mol. The molecule has 8 heteroatoms. The summed E-state index contributed by atoms with van der Waals surface area (Å²) < 4.78 is 25.1. The molecule has 1 amide bonds. The fourth-order valence-electron chi connectivity index (χ4n) is 5.19. The van der Waals surface area contributed by atoms with Crippen molar-refractivity contribution in [2.24, 2.45) is 0 Å². The molecule has 0 aliphatic carbocycles. The Bertz CT molecular complexity index is 1380. The van der Waals surface area contributed by atoms with Crippen LogP contribution in [0, 0.1) is 12.7 Å². The molecule has 0 aromatic heterocycles. The van der Waals surface area contributed by atoms with Crippen LogP contribution in [-0.2, 0) is 20.9 Å². The van der Waals surface area contributed by atoms with E-state index in [2.05, 4.69) is 4.90 Å². The van der Waals surface area contributed by atoms with E-state index in [4.69, 9.17) is 9.47 Å². The van der Waals surface area contributed by atoms with Crippen LogP contribution in [0.15, 0.2) is 78.4 Å². The fraction of sp³-hybridized carbons (Fsp3) is 0.312. The first-order chi connectivity index (χ1) is 19.4. The number of morpholine rings is 1. The molecule has 40 heavy (non-hydrogen) atoms. The number of carbonyl (C=O) groups is 2. The van der Waals surface area contributed by atoms with E-state index in [-0.39, 0.29) is 11.3 Å². The van der Waals surface area contributed by atoms with E-state index in [0.717, 1.165) is 30.8 Å². The maximum atomic E-state index is 13.7. The normalized spacial score (nSPS) is 19.2. The fourth-order valence-corrected chi connectivity index (χ4v) is 5.19. The largest absolute Gasteiger partial charge is 0.507 e. The number of carbonyl (C=O) groups excluding carboxylic acids is 2. The zero-order valence-corrected chi connectivity index (χ0v) is 22.5. The Balaban J connectivity index is 1.38. The van der Waals surface area contributed by atoms with Gasteiger partial charge < -0.3 is 19.5 Å². The molecule has 3 aromatic rings. The number of benzene rings is 3. The van der Waals surface area contributed by atoms with Crippen LogP contribution >= 0.6 is 0 Å². The lowest BCUT2D eigenvalue weighted by molar-refractivity contribution is -0.140. The summed E-state index contributed by atoms with van der Waals surface area (Å²) in [5, 5.41) is 11.3. The van der Waals surface area contributed by atoms with Crippen LogP contribution < -0.4 is 4.74 Å². The number of amides is 1. The van der Waals surface area contributed by atoms with Gasteiger partial charge in [-0.15, -0.1) is 0 Å². The van der Waals surface area contributed by atoms with E-state index in [1.807, 2.05) is 31.2 Å². The highest BCUT2D eigenvalue weighted by atomic mass is 19.1. The molecule has 1 atom stereocenters. The van der Waals surface area contributed by atoms with Gasteiger partial charge in [0.25, 0.3) is 11.7 Å². The minimum absolute atomic E-state index is 0.00319. The number of hydrogen-bond acceptors (Lipinski definition) is 6. The van der Waals surface area contributed by atoms with Gasteiger partial charge in [-0.3, -0.25) is 14.5 Å². The standard InChI is InChI=1S/C32H33FN2O5/c1-22-5-2-3-6-25(22)21-40-27-13-9-24(10-14-27)30(36)28-29(23-7-11-26(33)12-8-23)35(32(38)31(28)37)16-4-15-34-17-19-39-20-18-34/h2-3,5-14,29,36H,4,15-21H2,1H3/b30-28+. The summed E-state index contributed by atoms with van der Waals surface area (Å²) in [4.78, 5) is 30.2. The summed E-state index contributed by atoms with van der Waals surface area (Å²) in [7, 11) is 0. The molecule has 0 spiro atoms. The van der Waals surface area contributed by atoms with E-state index in [1.165, 1.54) is 17.0 Å². The minimum Gasteiger partial charge on any atom is -0.507 e. The number of halogens is 1. The first-order valence-electron chi connectivity index (χ1n) is 13.5. The van der Waals surface area contributed by atoms with Crippen molar-refractivity contribution in [3.05, 3.63) is 106 Å². The van der Waals surface area contributed by atoms with Gasteiger partial charge in [-0.2, -0.15) is 0 Å². The van der Waals surface area contributed by atoms with Crippen molar-refractivity contribution < 1.29 is 28.6 Å². The number of aryl methyl sites for hydroxylation is 1. The van der Waals surface area contributed by atoms with Crippen molar-refractivity contribution in [3.63, 3.8) is 0 Å². The number of aliphatic hydroxyl groups excluding tert-OH is 1. The van der Waals surface area contributed by atoms with Gasteiger partial charge in [0.1, 0.15) is 23.9 Å². The van der Waals surface area contributed by atoms with Crippen molar-refractivity contribution in [3.8, 4) is 5.75 Å². The van der Waals surface area contributed by atoms with Gasteiger partial charge >= 0.3 is 0 Å². The molecule has 2 heterocycles. The summed E-state index contributed by atoms with van der Waals surface area (Å²) in [6.07, 6.45) is 0.650. The van der Waals surface area contributed by atoms with Crippen molar-refractivity contribution in [1.29, 1.82) is 0 Å². The van der Waals surface area contributed by atoms with Gasteiger partial charge in [0.05, 0.1) is 24.8 Å². The highest BCUT2D eigenvalue weighted by molar-refractivity contribution is 6.46. The highest BCUT2D eigenvalue weighted by Crippen LogP contribution is 2.39. The van der Waals surface area contributed by atoms with E-state index in [9.17, 15) is 19.1 Å². The molecule has 2 aliphatic heterocycles. The topological polar surface area (TPSA) is 79.3 Å². The number of ketones is 1. The van der Waals surface area contributed by atoms with Crippen molar-refractivity contribution in [1.82, 2.24) is 9.80 Å². The van der Waals surface area contributed by atoms with E-state index in [0.29, 0.717) is 49.7 Å². The number of hydrogen-bond donors (Lipinski definition) is 1. The van der Waals surface area contributed by atoms with Crippen molar-refractivity contribution in [2.75, 3.05) is 39.4 Å². The zero-order valence-electron chi connectivity index (χ0n) is 22.5. The molecule has 2 aliphatic rings. The third kappa shape index (κ3) is 6.08. The Morgan fingerprint density at radius 3 is 2.38 bits per heavy atom. The molecular formula is C32H33FN2O5. The summed E-state index contributed by atoms with van der Waals surface area (Å²) in [6.45, 7) is 6.51. The predicted molar refractivity (Wildman–Crippen MR) is 149 cm³/mol. The van der Waals surface area contributed by atoms with Crippen molar-refractivity contribution in [2.45, 2.75) is 26.0 Å². The maximum absolute atomic E-state index is 13.7. The van der Waals surface area contributed by atoms with Gasteiger partial charge in [0.2, 0.25) is 0 Å². The van der Waals surface area contributed by atoms with Crippen molar-refractivity contribution >= 4 is 17.4 Å². The van der Waals surface area contributed by atoms with Gasteiger partial charge in [-0.05, 0) is 66.4 Å². The van der Waals surface area contributed by atoms with Gasteiger partial charge in [-0.25, -0.2) is 4.39 Å². The smallest absolute Gasteiger partial charge is 0.295 e. The van der Waals surface area contributed by atoms with Crippen LogP contribution in [0.25, 0.3) is 5.76 Å². The van der Waals surface area contributed by atoms with Crippen LogP contribution in [0.4, 0.5) is 4.39 Å². The van der Waals surface area contributed by atoms with Crippen LogP contribution in [0.3, 0.4) is 0 Å². The Kier molecular flexibility index (Phi) is 8.57. The quantitative estimate of drug-likeness (QED) is 0.236. The average Bonchev–Trinajstić information content (AvgIpc) is 3.23. The molecule has 0 radical (unpaired) electrons. The second-order valence-corrected chi connectivity index (χ2v) is 10.1. The Labute approximate surface area is 233 Å². The van der Waals surface area contributed by atoms with E-state index in [1.54, 1.807) is 36.4 Å². The molecule has 7 nitrogen and oxygen atoms in total. The van der Waals surface area contributed by atoms with Gasteiger partial charge in [0, 0.05) is 31.7 Å². The Morgan fingerprint density at radius 2 is 1.68 bits per heavy atom. The Morgan fingerprint density at radius 1 is 0.975 bits per heavy atom. The number of ether oxygens (including phenoxy) is 2. The molecule has 2 fully saturated rings. The summed E-state index contributed by atoms with van der Waals surface area (Å²) in [5.74, 6) is -1.50. The molecule has 2 saturated heterocycles. The monoisotopic (exact) mass is 544 g/mol. The van der Waals surface area contributed by atoms with Crippen LogP contribution in [0.5, 0.6) is 5.75 Å². The summed E-state index contributed by atoms with van der Waals surface area (Å²) >= 11 is 0. The maximum Gasteiger partial charge on any atom is 0.295 e. The molecule has 0 saturated carbocycles. The van der Waals surface area contributed by atoms with Gasteiger partial charge in [0.15, 0.2) is 0 Å². The predicted octanol–water partition coefficient (Wildman–Crippen LogP) is 4.86. The SMILES string of the molecule is Cc1ccccc1COc1ccc(/C(O)=C2\C(=O)C(=O)N(CCCN3CCOCC3)C2c2ccc(F)cc2)cc1. The summed E-state index contributed by atoms with van der Waals surface area (Å²) in [5.41, 5.74) is 3.15. The molecule has 3 aromatic carbocycles. The molecule has 0 bridgehead atoms. The molecule has 208 valence electrons. The van der Waals surface area contributed by atoms with Crippen LogP contribution in [0.2, 0.25) is 0 Å². The lowest BCUT2D eigenvalue weighted by Gasteiger charge is -2.29. The molecule has 1 unspecified atom stereocenters. The van der Waals surface area contributed by atoms with E-state index >= 15 is 0 Å². The first kappa shape index (κ1) is 27.6. The minimum atomic E-state index is -0.817. The second-order valence-electron chi connectivity index (χ2n) is 10.1. The molecule has 5 rings (SSSR count). The highest BCUT2D eigenvalue weighted by Gasteiger charge is 2.45. The second kappa shape index (κ2) is 12.4. The lowest BCUT2D eigenvalue weighted by atomic mass is 9.95. The number of aliphatic hydroxyl groups is 1. The third-order valence-corrected chi connectivity index (χ3v) is 7.49. The molecule has 1 N–H and O–H groups in total. The Hall–Kier alpha value is -4.01. The van der Waals surface area contributed by atoms with E-state index < -0.39 is 23.5 Å². The lowest BCUT2D eigenvalue weighted by Crippen LogP contribution is -2.38. The number of likely N-dealkylation sites (tertiary alicyclic amines) is 1. The zero-order chi connectivity index (χ0) is 28.1. The van der Waals surface area contributed by atoms with Crippen LogP contribution in [-0.4, -0.2) is 66.0 Å². The number of nitrogens with zero attached hydrogens (tertiary/aromatic N) is 2.